The molecule has 0 unspecified atom stereocenters. The normalized spacial score (nSPS) is 28.3. The van der Waals surface area contributed by atoms with E-state index in [2.05, 4.69) is 11.7 Å². The lowest BCUT2D eigenvalue weighted by molar-refractivity contribution is 0.0777. The van der Waals surface area contributed by atoms with Gasteiger partial charge in [0.15, 0.2) is 17.4 Å². The van der Waals surface area contributed by atoms with Crippen molar-refractivity contribution in [3.05, 3.63) is 29.3 Å². The molecule has 0 N–H and O–H groups in total. The maximum Gasteiger partial charge on any atom is 0.272 e. The molecule has 33 heavy (non-hydrogen) atoms. The molecule has 1 aromatic carbocycles. The average molecular weight is 491 g/mol. The summed E-state index contributed by atoms with van der Waals surface area (Å²) in [6.07, 6.45) is 9.75. The molecule has 1 nitrogen and oxygen atoms in total. The van der Waals surface area contributed by atoms with E-state index in [1.165, 1.54) is 63.5 Å². The van der Waals surface area contributed by atoms with Gasteiger partial charge in [0, 0.05) is 0 Å². The Morgan fingerprint density at radius 1 is 0.909 bits per heavy atom. The van der Waals surface area contributed by atoms with Crippen LogP contribution in [0.2, 0.25) is 18.1 Å². The monoisotopic (exact) mass is 490 g/mol. The molecule has 2 aliphatic rings. The van der Waals surface area contributed by atoms with Crippen LogP contribution in [-0.2, 0) is 0 Å². The third-order valence-corrected chi connectivity index (χ3v) is 11.5. The topological polar surface area (TPSA) is 9.23 Å². The summed E-state index contributed by atoms with van der Waals surface area (Å²) in [4.78, 5) is 0. The highest BCUT2D eigenvalue weighted by atomic mass is 28.4. The van der Waals surface area contributed by atoms with Crippen LogP contribution in [0.15, 0.2) is 12.1 Å². The van der Waals surface area contributed by atoms with Gasteiger partial charge in [-0.15, -0.1) is 0 Å². The van der Waals surface area contributed by atoms with Gasteiger partial charge in [-0.05, 0) is 66.4 Å². The van der Waals surface area contributed by atoms with Gasteiger partial charge in [-0.1, -0.05) is 64.7 Å². The van der Waals surface area contributed by atoms with Crippen LogP contribution < -0.4 is 4.74 Å². The first kappa shape index (κ1) is 26.5. The van der Waals surface area contributed by atoms with Crippen molar-refractivity contribution >= 4 is 8.41 Å². The Morgan fingerprint density at radius 2 is 1.48 bits per heavy atom. The van der Waals surface area contributed by atoms with Crippen LogP contribution in [0, 0.1) is 23.5 Å². The van der Waals surface area contributed by atoms with E-state index in [9.17, 15) is 17.6 Å². The second kappa shape index (κ2) is 12.5. The Bertz CT molecular complexity index is 704. The van der Waals surface area contributed by atoms with Gasteiger partial charge in [0.1, 0.15) is 6.61 Å². The number of alkyl halides is 2. The minimum Gasteiger partial charge on any atom is -0.482 e. The number of hydrogen-bond acceptors (Lipinski definition) is 1. The molecular weight excluding hydrogens is 451 g/mol. The number of unbranched alkanes of at least 4 members (excludes halogenated alkanes) is 2. The fourth-order valence-electron chi connectivity index (χ4n) is 5.77. The van der Waals surface area contributed by atoms with Gasteiger partial charge in [-0.25, -0.2) is 17.6 Å². The zero-order chi connectivity index (χ0) is 23.8. The van der Waals surface area contributed by atoms with Gasteiger partial charge >= 0.3 is 0 Å². The van der Waals surface area contributed by atoms with Gasteiger partial charge in [0.2, 0.25) is 8.41 Å². The summed E-state index contributed by atoms with van der Waals surface area (Å²) in [7, 11) is -2.80. The van der Waals surface area contributed by atoms with Crippen LogP contribution in [0.3, 0.4) is 0 Å². The third-order valence-electron chi connectivity index (χ3n) is 7.91. The van der Waals surface area contributed by atoms with E-state index in [1.54, 1.807) is 0 Å². The van der Waals surface area contributed by atoms with E-state index < -0.39 is 38.8 Å². The van der Waals surface area contributed by atoms with Crippen molar-refractivity contribution in [3.8, 4) is 5.75 Å². The van der Waals surface area contributed by atoms with E-state index >= 15 is 4.11 Å². The molecule has 1 aliphatic carbocycles. The molecule has 3 rings (SSSR count). The molecule has 0 atom stereocenters. The number of ether oxygens (including phenoxy) is 1. The van der Waals surface area contributed by atoms with Crippen molar-refractivity contribution in [2.45, 2.75) is 108 Å². The van der Waals surface area contributed by atoms with Gasteiger partial charge < -0.3 is 8.84 Å². The lowest BCUT2D eigenvalue weighted by Gasteiger charge is -2.34. The summed E-state index contributed by atoms with van der Waals surface area (Å²) in [6, 6.07) is 4.13. The summed E-state index contributed by atoms with van der Waals surface area (Å²) < 4.78 is 73.2. The molecule has 7 heteroatoms. The SMILES string of the molecule is CCCCCC1CCC(CC[Si]2(F)CCC(c3cc(F)c(OCC(F)F)c(F)c3)CC2)CC1. The van der Waals surface area contributed by atoms with E-state index in [-0.39, 0.29) is 5.92 Å². The fraction of sp³-hybridized carbons (Fsp3) is 0.769. The zero-order valence-corrected chi connectivity index (χ0v) is 20.9. The molecule has 0 radical (unpaired) electrons. The minimum absolute atomic E-state index is 0.0897. The predicted octanol–water partition coefficient (Wildman–Crippen LogP) is 9.18. The quantitative estimate of drug-likeness (QED) is 0.130. The highest BCUT2D eigenvalue weighted by Crippen LogP contribution is 2.44. The number of rotatable bonds is 11. The first-order valence-electron chi connectivity index (χ1n) is 12.9. The van der Waals surface area contributed by atoms with Crippen LogP contribution in [0.1, 0.15) is 89.0 Å². The van der Waals surface area contributed by atoms with E-state index in [1.807, 2.05) is 0 Å². The molecule has 0 aromatic heterocycles. The average Bonchev–Trinajstić information content (AvgIpc) is 2.78. The molecule has 1 aliphatic heterocycles. The van der Waals surface area contributed by atoms with Crippen LogP contribution in [0.25, 0.3) is 0 Å². The highest BCUT2D eigenvalue weighted by molar-refractivity contribution is 6.73. The van der Waals surface area contributed by atoms with Crippen LogP contribution >= 0.6 is 0 Å². The van der Waals surface area contributed by atoms with Crippen molar-refractivity contribution in [2.24, 2.45) is 11.8 Å². The molecule has 1 aromatic rings. The van der Waals surface area contributed by atoms with Gasteiger partial charge in [0.25, 0.3) is 6.43 Å². The van der Waals surface area contributed by atoms with E-state index in [0.717, 1.165) is 12.3 Å². The minimum atomic E-state index is -2.80. The fourth-order valence-corrected chi connectivity index (χ4v) is 9.18. The largest absolute Gasteiger partial charge is 0.482 e. The molecular formula is C26H39F5OSi. The van der Waals surface area contributed by atoms with Crippen molar-refractivity contribution in [2.75, 3.05) is 6.61 Å². The standard InChI is InChI=1S/C26H39F5OSi/c1-2-3-4-5-19-6-8-20(9-7-19)10-13-33(31)14-11-21(12-15-33)22-16-23(27)26(24(28)17-22)32-18-25(29)30/h16-17,19-21,25H,2-15,18H2,1H3. The zero-order valence-electron chi connectivity index (χ0n) is 19.9. The highest BCUT2D eigenvalue weighted by Gasteiger charge is 2.40. The summed E-state index contributed by atoms with van der Waals surface area (Å²) in [6.45, 7) is 1.19. The third kappa shape index (κ3) is 7.96. The van der Waals surface area contributed by atoms with Crippen LogP contribution in [-0.4, -0.2) is 21.4 Å². The number of benzene rings is 1. The Hall–Kier alpha value is -1.11. The van der Waals surface area contributed by atoms with Crippen molar-refractivity contribution in [3.63, 3.8) is 0 Å². The molecule has 0 bridgehead atoms. The molecule has 2 fully saturated rings. The summed E-state index contributed by atoms with van der Waals surface area (Å²) in [5.74, 6) is -1.25. The Kier molecular flexibility index (Phi) is 10.1. The van der Waals surface area contributed by atoms with Crippen molar-refractivity contribution in [1.82, 2.24) is 0 Å². The molecule has 0 spiro atoms. The summed E-state index contributed by atoms with van der Waals surface area (Å²) >= 11 is 0. The Balaban J connectivity index is 1.43. The first-order chi connectivity index (χ1) is 15.8. The Labute approximate surface area is 196 Å². The van der Waals surface area contributed by atoms with Gasteiger partial charge in [0.05, 0.1) is 0 Å². The summed E-state index contributed by atoms with van der Waals surface area (Å²) in [5, 5.41) is 0. The lowest BCUT2D eigenvalue weighted by Crippen LogP contribution is -2.34. The number of halogens is 5. The van der Waals surface area contributed by atoms with Gasteiger partial charge in [-0.2, -0.15) is 0 Å². The van der Waals surface area contributed by atoms with Crippen molar-refractivity contribution in [1.29, 1.82) is 0 Å². The van der Waals surface area contributed by atoms with Crippen LogP contribution in [0.4, 0.5) is 21.7 Å². The molecule has 1 heterocycles. The predicted molar refractivity (Wildman–Crippen MR) is 125 cm³/mol. The molecule has 188 valence electrons. The van der Waals surface area contributed by atoms with E-state index in [0.29, 0.717) is 42.5 Å². The van der Waals surface area contributed by atoms with Gasteiger partial charge in [-0.3, -0.25) is 0 Å². The molecule has 1 saturated heterocycles. The Morgan fingerprint density at radius 3 is 2.03 bits per heavy atom. The second-order valence-corrected chi connectivity index (χ2v) is 14.2. The second-order valence-electron chi connectivity index (χ2n) is 10.4. The van der Waals surface area contributed by atoms with E-state index in [4.69, 9.17) is 0 Å². The first-order valence-corrected chi connectivity index (χ1v) is 15.4. The summed E-state index contributed by atoms with van der Waals surface area (Å²) in [5.41, 5.74) is 0.479. The molecule has 0 amide bonds. The molecule has 1 saturated carbocycles. The number of hydrogen-bond donors (Lipinski definition) is 0. The maximum absolute atomic E-state index is 15.6. The van der Waals surface area contributed by atoms with Crippen molar-refractivity contribution < 1.29 is 26.4 Å². The lowest BCUT2D eigenvalue weighted by atomic mass is 9.79. The smallest absolute Gasteiger partial charge is 0.272 e. The maximum atomic E-state index is 15.6. The van der Waals surface area contributed by atoms with Crippen LogP contribution in [0.5, 0.6) is 5.75 Å².